The van der Waals surface area contributed by atoms with Crippen LogP contribution in [0.2, 0.25) is 0 Å². The van der Waals surface area contributed by atoms with Gasteiger partial charge in [-0.15, -0.1) is 0 Å². The maximum absolute atomic E-state index is 13.2. The standard InChI is InChI=1S/C30H30N2O5S/c1-37-26-9-3-2-6-25(26)20-30(34)15-18-32(19-16-30)29(33)24-13-11-22(12-14-24)21-38(35,36)27-10-4-7-23-8-5-17-31-28(23)27/h2-14,17,34H,15-16,18-21H2,1H3. The molecule has 0 unspecified atom stereocenters. The minimum absolute atomic E-state index is 0.128. The number of piperidine rings is 1. The van der Waals surface area contributed by atoms with E-state index in [9.17, 15) is 18.3 Å². The number of aromatic nitrogens is 1. The highest BCUT2D eigenvalue weighted by atomic mass is 32.2. The summed E-state index contributed by atoms with van der Waals surface area (Å²) in [5.74, 6) is 0.437. The van der Waals surface area contributed by atoms with Crippen LogP contribution in [0.15, 0.2) is 90.0 Å². The fraction of sp³-hybridized carbons (Fsp3) is 0.267. The fourth-order valence-electron chi connectivity index (χ4n) is 5.06. The molecule has 2 heterocycles. The van der Waals surface area contributed by atoms with Crippen molar-refractivity contribution in [3.05, 3.63) is 102 Å². The second-order valence-electron chi connectivity index (χ2n) is 9.79. The molecule has 196 valence electrons. The molecule has 1 aliphatic heterocycles. The zero-order valence-electron chi connectivity index (χ0n) is 21.2. The lowest BCUT2D eigenvalue weighted by Crippen LogP contribution is -2.47. The molecule has 1 saturated heterocycles. The summed E-state index contributed by atoms with van der Waals surface area (Å²) in [4.78, 5) is 19.3. The van der Waals surface area contributed by atoms with Gasteiger partial charge in [-0.2, -0.15) is 0 Å². The van der Waals surface area contributed by atoms with Crippen LogP contribution in [0.25, 0.3) is 10.9 Å². The Hall–Kier alpha value is -3.75. The molecule has 7 nitrogen and oxygen atoms in total. The molecule has 38 heavy (non-hydrogen) atoms. The average molecular weight is 531 g/mol. The molecule has 3 aromatic carbocycles. The van der Waals surface area contributed by atoms with E-state index in [0.29, 0.717) is 49.0 Å². The van der Waals surface area contributed by atoms with E-state index in [2.05, 4.69) is 4.98 Å². The first kappa shape index (κ1) is 25.9. The molecule has 1 fully saturated rings. The monoisotopic (exact) mass is 530 g/mol. The van der Waals surface area contributed by atoms with Gasteiger partial charge in [-0.1, -0.05) is 48.5 Å². The third-order valence-electron chi connectivity index (χ3n) is 7.18. The van der Waals surface area contributed by atoms with E-state index >= 15 is 0 Å². The van der Waals surface area contributed by atoms with Crippen LogP contribution in [0, 0.1) is 0 Å². The molecular weight excluding hydrogens is 500 g/mol. The Kier molecular flexibility index (Phi) is 7.19. The van der Waals surface area contributed by atoms with E-state index in [0.717, 1.165) is 16.7 Å². The van der Waals surface area contributed by atoms with Gasteiger partial charge in [-0.25, -0.2) is 8.42 Å². The summed E-state index contributed by atoms with van der Waals surface area (Å²) in [5.41, 5.74) is 1.59. The topological polar surface area (TPSA) is 96.8 Å². The maximum Gasteiger partial charge on any atom is 0.253 e. The smallest absolute Gasteiger partial charge is 0.253 e. The largest absolute Gasteiger partial charge is 0.496 e. The fourth-order valence-corrected chi connectivity index (χ4v) is 6.59. The molecule has 1 N–H and O–H groups in total. The summed E-state index contributed by atoms with van der Waals surface area (Å²) in [7, 11) is -2.02. The third kappa shape index (κ3) is 5.42. The minimum atomic E-state index is -3.63. The quantitative estimate of drug-likeness (QED) is 0.380. The molecule has 0 radical (unpaired) electrons. The predicted octanol–water partition coefficient (Wildman–Crippen LogP) is 4.43. The van der Waals surface area contributed by atoms with Crippen LogP contribution >= 0.6 is 0 Å². The Balaban J connectivity index is 1.23. The summed E-state index contributed by atoms with van der Waals surface area (Å²) in [6, 6.07) is 23.1. The van der Waals surface area contributed by atoms with Gasteiger partial charge in [0.2, 0.25) is 0 Å². The first-order valence-corrected chi connectivity index (χ1v) is 14.2. The van der Waals surface area contributed by atoms with E-state index in [1.54, 1.807) is 60.7 Å². The normalized spacial score (nSPS) is 15.4. The van der Waals surface area contributed by atoms with Crippen molar-refractivity contribution >= 4 is 26.6 Å². The van der Waals surface area contributed by atoms with Crippen LogP contribution in [0.1, 0.15) is 34.3 Å². The molecule has 0 aliphatic carbocycles. The Morgan fingerprint density at radius 2 is 1.68 bits per heavy atom. The van der Waals surface area contributed by atoms with Crippen molar-refractivity contribution in [3.63, 3.8) is 0 Å². The lowest BCUT2D eigenvalue weighted by Gasteiger charge is -2.38. The van der Waals surface area contributed by atoms with Crippen molar-refractivity contribution in [3.8, 4) is 5.75 Å². The van der Waals surface area contributed by atoms with E-state index < -0.39 is 15.4 Å². The number of hydrogen-bond donors (Lipinski definition) is 1. The highest BCUT2D eigenvalue weighted by molar-refractivity contribution is 7.90. The molecule has 0 saturated carbocycles. The van der Waals surface area contributed by atoms with Crippen LogP contribution < -0.4 is 4.74 Å². The van der Waals surface area contributed by atoms with Crippen LogP contribution in [0.3, 0.4) is 0 Å². The lowest BCUT2D eigenvalue weighted by molar-refractivity contribution is -0.0165. The number of sulfone groups is 1. The second kappa shape index (κ2) is 10.6. The number of benzene rings is 3. The number of fused-ring (bicyclic) bond motifs is 1. The number of nitrogens with zero attached hydrogens (tertiary/aromatic N) is 2. The van der Waals surface area contributed by atoms with Gasteiger partial charge in [-0.05, 0) is 54.3 Å². The van der Waals surface area contributed by atoms with Gasteiger partial charge in [0.15, 0.2) is 9.84 Å². The van der Waals surface area contributed by atoms with Crippen LogP contribution in [0.5, 0.6) is 5.75 Å². The molecule has 4 aromatic rings. The number of methoxy groups -OCH3 is 1. The van der Waals surface area contributed by atoms with Gasteiger partial charge in [0.1, 0.15) is 5.75 Å². The SMILES string of the molecule is COc1ccccc1CC1(O)CCN(C(=O)c2ccc(CS(=O)(=O)c3cccc4cccnc34)cc2)CC1. The molecule has 0 spiro atoms. The van der Waals surface area contributed by atoms with Gasteiger partial charge < -0.3 is 14.7 Å². The Morgan fingerprint density at radius 1 is 0.974 bits per heavy atom. The van der Waals surface area contributed by atoms with Gasteiger partial charge in [0.25, 0.3) is 5.91 Å². The predicted molar refractivity (Wildman–Crippen MR) is 146 cm³/mol. The van der Waals surface area contributed by atoms with Crippen molar-refractivity contribution in [2.24, 2.45) is 0 Å². The minimum Gasteiger partial charge on any atom is -0.496 e. The molecule has 1 aromatic heterocycles. The van der Waals surface area contributed by atoms with Gasteiger partial charge in [0.05, 0.1) is 28.9 Å². The number of carbonyl (C=O) groups is 1. The van der Waals surface area contributed by atoms with E-state index in [1.165, 1.54) is 0 Å². The number of likely N-dealkylation sites (tertiary alicyclic amines) is 1. The van der Waals surface area contributed by atoms with Crippen LogP contribution in [0.4, 0.5) is 0 Å². The number of rotatable bonds is 7. The van der Waals surface area contributed by atoms with Gasteiger partial charge >= 0.3 is 0 Å². The molecular formula is C30H30N2O5S. The Labute approximate surface area is 222 Å². The number of carbonyl (C=O) groups excluding carboxylic acids is 1. The number of pyridine rings is 1. The highest BCUT2D eigenvalue weighted by Crippen LogP contribution is 2.31. The molecule has 5 rings (SSSR count). The van der Waals surface area contributed by atoms with Crippen LogP contribution in [-0.4, -0.2) is 55.1 Å². The van der Waals surface area contributed by atoms with Crippen molar-refractivity contribution < 1.29 is 23.1 Å². The number of hydrogen-bond acceptors (Lipinski definition) is 6. The van der Waals surface area contributed by atoms with Crippen molar-refractivity contribution in [2.75, 3.05) is 20.2 Å². The summed E-state index contributed by atoms with van der Waals surface area (Å²) >= 11 is 0. The van der Waals surface area contributed by atoms with Crippen molar-refractivity contribution in [2.45, 2.75) is 35.5 Å². The summed E-state index contributed by atoms with van der Waals surface area (Å²) in [6.45, 7) is 0.878. The maximum atomic E-state index is 13.2. The summed E-state index contributed by atoms with van der Waals surface area (Å²) in [6.07, 6.45) is 2.98. The zero-order valence-corrected chi connectivity index (χ0v) is 22.0. The number of ether oxygens (including phenoxy) is 1. The first-order chi connectivity index (χ1) is 18.3. The summed E-state index contributed by atoms with van der Waals surface area (Å²) in [5, 5.41) is 11.9. The zero-order chi connectivity index (χ0) is 26.8. The Bertz CT molecular complexity index is 1550. The third-order valence-corrected chi connectivity index (χ3v) is 8.89. The van der Waals surface area contributed by atoms with E-state index in [4.69, 9.17) is 4.74 Å². The summed E-state index contributed by atoms with van der Waals surface area (Å²) < 4.78 is 31.8. The van der Waals surface area contributed by atoms with Crippen molar-refractivity contribution in [1.82, 2.24) is 9.88 Å². The number of amides is 1. The van der Waals surface area contributed by atoms with Gasteiger partial charge in [0, 0.05) is 36.7 Å². The van der Waals surface area contributed by atoms with Gasteiger partial charge in [-0.3, -0.25) is 9.78 Å². The molecule has 0 bridgehead atoms. The number of para-hydroxylation sites is 2. The molecule has 1 aliphatic rings. The van der Waals surface area contributed by atoms with E-state index in [-0.39, 0.29) is 16.6 Å². The first-order valence-electron chi connectivity index (χ1n) is 12.6. The molecule has 8 heteroatoms. The average Bonchev–Trinajstić information content (AvgIpc) is 2.93. The second-order valence-corrected chi connectivity index (χ2v) is 11.8. The lowest BCUT2D eigenvalue weighted by atomic mass is 9.85. The van der Waals surface area contributed by atoms with Crippen LogP contribution in [-0.2, 0) is 22.0 Å². The van der Waals surface area contributed by atoms with E-state index in [1.807, 2.05) is 36.4 Å². The number of aliphatic hydroxyl groups is 1. The molecule has 0 atom stereocenters. The van der Waals surface area contributed by atoms with Crippen molar-refractivity contribution in [1.29, 1.82) is 0 Å². The molecule has 1 amide bonds. The highest BCUT2D eigenvalue weighted by Gasteiger charge is 2.35. The Morgan fingerprint density at radius 3 is 2.42 bits per heavy atom.